The van der Waals surface area contributed by atoms with E-state index in [-0.39, 0.29) is 18.6 Å². The summed E-state index contributed by atoms with van der Waals surface area (Å²) in [4.78, 5) is 58.5. The van der Waals surface area contributed by atoms with Crippen LogP contribution in [0.2, 0.25) is 5.02 Å². The quantitative estimate of drug-likeness (QED) is 0.324. The van der Waals surface area contributed by atoms with Gasteiger partial charge in [0.2, 0.25) is 5.91 Å². The Balaban J connectivity index is 1.66. The van der Waals surface area contributed by atoms with E-state index in [4.69, 9.17) is 16.3 Å². The topological polar surface area (TPSA) is 131 Å². The van der Waals surface area contributed by atoms with Gasteiger partial charge in [-0.1, -0.05) is 23.7 Å². The van der Waals surface area contributed by atoms with Crippen molar-refractivity contribution in [2.75, 3.05) is 11.9 Å². The molecular formula is C21H20ClN3O6. The number of halogens is 1. The molecule has 0 aliphatic carbocycles. The highest BCUT2D eigenvalue weighted by Crippen LogP contribution is 2.11. The van der Waals surface area contributed by atoms with Crippen molar-refractivity contribution in [2.24, 2.45) is 0 Å². The SMILES string of the molecule is CC(=O)c1cccc(NC(=O)COC(=O)CCC(=O)NNC(=O)c2ccc(Cl)cc2)c1. The number of carbonyl (C=O) groups excluding carboxylic acids is 5. The number of carbonyl (C=O) groups is 5. The summed E-state index contributed by atoms with van der Waals surface area (Å²) in [6.45, 7) is 0.861. The predicted molar refractivity (Wildman–Crippen MR) is 112 cm³/mol. The molecule has 0 heterocycles. The first-order valence-corrected chi connectivity index (χ1v) is 9.53. The van der Waals surface area contributed by atoms with Crippen LogP contribution in [0.25, 0.3) is 0 Å². The Kier molecular flexibility index (Phi) is 8.71. The second kappa shape index (κ2) is 11.5. The van der Waals surface area contributed by atoms with Crippen LogP contribution in [0.5, 0.6) is 0 Å². The van der Waals surface area contributed by atoms with Crippen LogP contribution in [0.15, 0.2) is 48.5 Å². The first kappa shape index (κ1) is 23.6. The maximum atomic E-state index is 11.9. The van der Waals surface area contributed by atoms with Crippen LogP contribution in [0, 0.1) is 0 Å². The summed E-state index contributed by atoms with van der Waals surface area (Å²) in [5, 5.41) is 2.98. The van der Waals surface area contributed by atoms with E-state index >= 15 is 0 Å². The Hall–Kier alpha value is -3.72. The number of ether oxygens (including phenoxy) is 1. The van der Waals surface area contributed by atoms with Crippen LogP contribution in [0.4, 0.5) is 5.69 Å². The monoisotopic (exact) mass is 445 g/mol. The highest BCUT2D eigenvalue weighted by molar-refractivity contribution is 6.30. The summed E-state index contributed by atoms with van der Waals surface area (Å²) in [6.07, 6.45) is -0.530. The number of esters is 1. The zero-order chi connectivity index (χ0) is 22.8. The zero-order valence-electron chi connectivity index (χ0n) is 16.6. The van der Waals surface area contributed by atoms with Gasteiger partial charge in [0.15, 0.2) is 12.4 Å². The van der Waals surface area contributed by atoms with Gasteiger partial charge in [0.1, 0.15) is 0 Å². The number of nitrogens with one attached hydrogen (secondary N) is 3. The van der Waals surface area contributed by atoms with Gasteiger partial charge in [0, 0.05) is 28.3 Å². The standard InChI is InChI=1S/C21H20ClN3O6/c1-13(26)15-3-2-4-17(11-15)23-19(28)12-31-20(29)10-9-18(27)24-25-21(30)14-5-7-16(22)8-6-14/h2-8,11H,9-10,12H2,1H3,(H,23,28)(H,24,27)(H,25,30). The lowest BCUT2D eigenvalue weighted by atomic mass is 10.1. The fraction of sp³-hybridized carbons (Fsp3) is 0.190. The minimum Gasteiger partial charge on any atom is -0.456 e. The number of rotatable bonds is 8. The molecule has 0 saturated heterocycles. The fourth-order valence-electron chi connectivity index (χ4n) is 2.31. The molecule has 0 fully saturated rings. The lowest BCUT2D eigenvalue weighted by molar-refractivity contribution is -0.148. The van der Waals surface area contributed by atoms with E-state index in [1.54, 1.807) is 18.2 Å². The number of benzene rings is 2. The molecule has 2 rings (SSSR count). The average Bonchev–Trinajstić information content (AvgIpc) is 2.75. The van der Waals surface area contributed by atoms with Gasteiger partial charge in [-0.2, -0.15) is 0 Å². The molecule has 0 aliphatic rings. The Morgan fingerprint density at radius 2 is 1.58 bits per heavy atom. The third-order valence-corrected chi connectivity index (χ3v) is 4.15. The van der Waals surface area contributed by atoms with Crippen LogP contribution < -0.4 is 16.2 Å². The summed E-state index contributed by atoms with van der Waals surface area (Å²) in [5.41, 5.74) is 5.51. The molecule has 10 heteroatoms. The van der Waals surface area contributed by atoms with Crippen molar-refractivity contribution >= 4 is 46.8 Å². The maximum Gasteiger partial charge on any atom is 0.306 e. The number of hydrogen-bond acceptors (Lipinski definition) is 6. The Bertz CT molecular complexity index is 991. The molecule has 9 nitrogen and oxygen atoms in total. The van der Waals surface area contributed by atoms with Gasteiger partial charge in [-0.05, 0) is 43.3 Å². The van der Waals surface area contributed by atoms with E-state index in [9.17, 15) is 24.0 Å². The first-order valence-electron chi connectivity index (χ1n) is 9.16. The summed E-state index contributed by atoms with van der Waals surface area (Å²) in [7, 11) is 0. The molecule has 3 amide bonds. The molecule has 31 heavy (non-hydrogen) atoms. The van der Waals surface area contributed by atoms with Crippen LogP contribution in [0.3, 0.4) is 0 Å². The molecule has 0 spiro atoms. The highest BCUT2D eigenvalue weighted by atomic mass is 35.5. The van der Waals surface area contributed by atoms with Crippen molar-refractivity contribution in [1.82, 2.24) is 10.9 Å². The number of Topliss-reactive ketones (excluding diaryl/α,β-unsaturated/α-hetero) is 1. The van der Waals surface area contributed by atoms with Gasteiger partial charge in [0.05, 0.1) is 6.42 Å². The molecule has 0 aromatic heterocycles. The predicted octanol–water partition coefficient (Wildman–Crippen LogP) is 2.27. The van der Waals surface area contributed by atoms with Gasteiger partial charge >= 0.3 is 5.97 Å². The molecule has 0 aliphatic heterocycles. The number of anilines is 1. The number of hydrogen-bond donors (Lipinski definition) is 3. The van der Waals surface area contributed by atoms with E-state index in [0.717, 1.165) is 0 Å². The van der Waals surface area contributed by atoms with Crippen LogP contribution >= 0.6 is 11.6 Å². The van der Waals surface area contributed by atoms with Gasteiger partial charge in [-0.3, -0.25) is 34.8 Å². The summed E-state index contributed by atoms with van der Waals surface area (Å²) in [5.74, 6) is -2.64. The van der Waals surface area contributed by atoms with Gasteiger partial charge < -0.3 is 10.1 Å². The molecule has 0 atom stereocenters. The molecule has 162 valence electrons. The van der Waals surface area contributed by atoms with E-state index in [0.29, 0.717) is 21.8 Å². The summed E-state index contributed by atoms with van der Waals surface area (Å²) < 4.78 is 4.81. The highest BCUT2D eigenvalue weighted by Gasteiger charge is 2.12. The van der Waals surface area contributed by atoms with Crippen molar-refractivity contribution in [3.05, 3.63) is 64.7 Å². The van der Waals surface area contributed by atoms with Crippen LogP contribution in [-0.2, 0) is 19.1 Å². The average molecular weight is 446 g/mol. The number of hydrazine groups is 1. The molecule has 0 saturated carbocycles. The smallest absolute Gasteiger partial charge is 0.306 e. The second-order valence-corrected chi connectivity index (χ2v) is 6.79. The zero-order valence-corrected chi connectivity index (χ0v) is 17.3. The van der Waals surface area contributed by atoms with Crippen LogP contribution in [-0.4, -0.2) is 36.1 Å². The molecular weight excluding hydrogens is 426 g/mol. The van der Waals surface area contributed by atoms with E-state index in [2.05, 4.69) is 16.2 Å². The van der Waals surface area contributed by atoms with Gasteiger partial charge in [-0.25, -0.2) is 0 Å². The maximum absolute atomic E-state index is 11.9. The molecule has 0 radical (unpaired) electrons. The normalized spacial score (nSPS) is 10.0. The number of amides is 3. The van der Waals surface area contributed by atoms with Crippen LogP contribution in [0.1, 0.15) is 40.5 Å². The van der Waals surface area contributed by atoms with Crippen molar-refractivity contribution in [2.45, 2.75) is 19.8 Å². The Morgan fingerprint density at radius 3 is 2.26 bits per heavy atom. The summed E-state index contributed by atoms with van der Waals surface area (Å²) in [6, 6.07) is 12.4. The van der Waals surface area contributed by atoms with E-state index in [1.165, 1.54) is 37.3 Å². The van der Waals surface area contributed by atoms with Gasteiger partial charge in [0.25, 0.3) is 11.8 Å². The van der Waals surface area contributed by atoms with Crippen molar-refractivity contribution in [3.8, 4) is 0 Å². The van der Waals surface area contributed by atoms with Crippen molar-refractivity contribution < 1.29 is 28.7 Å². The lowest BCUT2D eigenvalue weighted by Gasteiger charge is -2.08. The van der Waals surface area contributed by atoms with Crippen molar-refractivity contribution in [3.63, 3.8) is 0 Å². The number of ketones is 1. The molecule has 2 aromatic carbocycles. The van der Waals surface area contributed by atoms with E-state index in [1.807, 2.05) is 0 Å². The lowest BCUT2D eigenvalue weighted by Crippen LogP contribution is -2.41. The Labute approximate surface area is 183 Å². The van der Waals surface area contributed by atoms with Crippen molar-refractivity contribution in [1.29, 1.82) is 0 Å². The first-order chi connectivity index (χ1) is 14.7. The van der Waals surface area contributed by atoms with E-state index < -0.39 is 30.3 Å². The molecule has 0 bridgehead atoms. The second-order valence-electron chi connectivity index (χ2n) is 6.36. The third kappa shape index (κ3) is 8.27. The minimum absolute atomic E-state index is 0.148. The minimum atomic E-state index is -0.758. The molecule has 2 aromatic rings. The summed E-state index contributed by atoms with van der Waals surface area (Å²) >= 11 is 5.74. The largest absolute Gasteiger partial charge is 0.456 e. The van der Waals surface area contributed by atoms with Gasteiger partial charge in [-0.15, -0.1) is 0 Å². The fourth-order valence-corrected chi connectivity index (χ4v) is 2.44. The molecule has 0 unspecified atom stereocenters. The Morgan fingerprint density at radius 1 is 0.871 bits per heavy atom. The molecule has 3 N–H and O–H groups in total. The third-order valence-electron chi connectivity index (χ3n) is 3.90.